The summed E-state index contributed by atoms with van der Waals surface area (Å²) in [6.07, 6.45) is -0.272. The minimum Gasteiger partial charge on any atom is -0.469 e. The maximum absolute atomic E-state index is 11.4. The molecular formula is C12H16N2O3. The van der Waals surface area contributed by atoms with Crippen LogP contribution in [0.2, 0.25) is 0 Å². The zero-order valence-electron chi connectivity index (χ0n) is 10.2. The number of ether oxygens (including phenoxy) is 1. The fourth-order valence-electron chi connectivity index (χ4n) is 1.25. The smallest absolute Gasteiger partial charge is 0.315 e. The number of carbonyl (C=O) groups excluding carboxylic acids is 2. The molecule has 0 saturated carbocycles. The van der Waals surface area contributed by atoms with Gasteiger partial charge in [-0.15, -0.1) is 0 Å². The fourth-order valence-corrected chi connectivity index (χ4v) is 1.25. The number of esters is 1. The molecule has 0 heterocycles. The highest BCUT2D eigenvalue weighted by atomic mass is 16.5. The van der Waals surface area contributed by atoms with Crippen LogP contribution in [0.4, 0.5) is 11.4 Å². The number of amides is 1. The van der Waals surface area contributed by atoms with Gasteiger partial charge in [0, 0.05) is 25.5 Å². The number of hydrogen-bond donors (Lipinski definition) is 1. The van der Waals surface area contributed by atoms with E-state index < -0.39 is 5.97 Å². The highest BCUT2D eigenvalue weighted by Crippen LogP contribution is 2.15. The largest absolute Gasteiger partial charge is 0.469 e. The lowest BCUT2D eigenvalue weighted by Crippen LogP contribution is -2.17. The van der Waals surface area contributed by atoms with Crippen molar-refractivity contribution in [3.63, 3.8) is 0 Å². The van der Waals surface area contributed by atoms with E-state index in [9.17, 15) is 9.59 Å². The van der Waals surface area contributed by atoms with Gasteiger partial charge in [0.15, 0.2) is 0 Å². The van der Waals surface area contributed by atoms with Gasteiger partial charge in [-0.25, -0.2) is 0 Å². The number of rotatable bonds is 4. The molecule has 0 saturated heterocycles. The predicted octanol–water partition coefficient (Wildman–Crippen LogP) is 1.25. The van der Waals surface area contributed by atoms with E-state index in [4.69, 9.17) is 0 Å². The Balaban J connectivity index is 2.57. The van der Waals surface area contributed by atoms with Crippen LogP contribution in [0.1, 0.15) is 6.42 Å². The lowest BCUT2D eigenvalue weighted by Gasteiger charge is -2.12. The van der Waals surface area contributed by atoms with Crippen LogP contribution in [0.25, 0.3) is 0 Å². The molecule has 0 aliphatic carbocycles. The van der Waals surface area contributed by atoms with Gasteiger partial charge < -0.3 is 15.0 Å². The first-order valence-electron chi connectivity index (χ1n) is 5.17. The van der Waals surface area contributed by atoms with Gasteiger partial charge in [-0.1, -0.05) is 0 Å². The molecule has 0 bridgehead atoms. The van der Waals surface area contributed by atoms with E-state index >= 15 is 0 Å². The predicted molar refractivity (Wildman–Crippen MR) is 66.0 cm³/mol. The van der Waals surface area contributed by atoms with Crippen molar-refractivity contribution in [1.82, 2.24) is 0 Å². The van der Waals surface area contributed by atoms with Gasteiger partial charge in [0.1, 0.15) is 6.42 Å². The number of anilines is 2. The molecule has 0 fully saturated rings. The van der Waals surface area contributed by atoms with E-state index in [-0.39, 0.29) is 12.3 Å². The van der Waals surface area contributed by atoms with Crippen LogP contribution < -0.4 is 10.2 Å². The second-order valence-electron chi connectivity index (χ2n) is 3.74. The van der Waals surface area contributed by atoms with Crippen molar-refractivity contribution < 1.29 is 14.3 Å². The van der Waals surface area contributed by atoms with Gasteiger partial charge in [0.25, 0.3) is 0 Å². The summed E-state index contributed by atoms with van der Waals surface area (Å²) < 4.78 is 4.40. The second-order valence-corrected chi connectivity index (χ2v) is 3.74. The minimum atomic E-state index is -0.549. The zero-order valence-corrected chi connectivity index (χ0v) is 10.2. The van der Waals surface area contributed by atoms with Gasteiger partial charge in [-0.3, -0.25) is 9.59 Å². The molecule has 17 heavy (non-hydrogen) atoms. The van der Waals surface area contributed by atoms with Gasteiger partial charge >= 0.3 is 5.97 Å². The van der Waals surface area contributed by atoms with Gasteiger partial charge in [0.2, 0.25) is 5.91 Å². The highest BCUT2D eigenvalue weighted by Gasteiger charge is 2.09. The monoisotopic (exact) mass is 236 g/mol. The quantitative estimate of drug-likeness (QED) is 0.631. The van der Waals surface area contributed by atoms with Crippen molar-refractivity contribution in [2.24, 2.45) is 0 Å². The average molecular weight is 236 g/mol. The third kappa shape index (κ3) is 4.14. The maximum Gasteiger partial charge on any atom is 0.315 e. The molecule has 1 rings (SSSR count). The molecule has 0 atom stereocenters. The zero-order chi connectivity index (χ0) is 12.8. The highest BCUT2D eigenvalue weighted by molar-refractivity contribution is 6.01. The number of nitrogens with one attached hydrogen (secondary N) is 1. The first-order valence-corrected chi connectivity index (χ1v) is 5.17. The van der Waals surface area contributed by atoms with E-state index in [2.05, 4.69) is 10.1 Å². The normalized spacial score (nSPS) is 9.59. The summed E-state index contributed by atoms with van der Waals surface area (Å²) in [6.45, 7) is 0. The van der Waals surface area contributed by atoms with Crippen molar-refractivity contribution in [1.29, 1.82) is 0 Å². The summed E-state index contributed by atoms with van der Waals surface area (Å²) in [4.78, 5) is 24.2. The van der Waals surface area contributed by atoms with Crippen molar-refractivity contribution in [2.45, 2.75) is 6.42 Å². The molecule has 92 valence electrons. The Morgan fingerprint density at radius 3 is 2.29 bits per heavy atom. The molecule has 0 unspecified atom stereocenters. The van der Waals surface area contributed by atoms with Crippen LogP contribution in [0, 0.1) is 0 Å². The van der Waals surface area contributed by atoms with Crippen LogP contribution >= 0.6 is 0 Å². The number of methoxy groups -OCH3 is 1. The topological polar surface area (TPSA) is 58.6 Å². The SMILES string of the molecule is COC(=O)CC(=O)Nc1ccc(N(C)C)cc1. The standard InChI is InChI=1S/C12H16N2O3/c1-14(2)10-6-4-9(5-7-10)13-11(15)8-12(16)17-3/h4-7H,8H2,1-3H3,(H,13,15). The van der Waals surface area contributed by atoms with E-state index in [1.165, 1.54) is 7.11 Å². The summed E-state index contributed by atoms with van der Waals surface area (Å²) >= 11 is 0. The molecule has 0 aliphatic rings. The average Bonchev–Trinajstić information content (AvgIpc) is 2.29. The number of carbonyl (C=O) groups is 2. The van der Waals surface area contributed by atoms with Gasteiger partial charge in [0.05, 0.1) is 7.11 Å². The van der Waals surface area contributed by atoms with Crippen molar-refractivity contribution in [3.05, 3.63) is 24.3 Å². The molecule has 5 heteroatoms. The Morgan fingerprint density at radius 1 is 1.24 bits per heavy atom. The second kappa shape index (κ2) is 5.89. The molecule has 1 N–H and O–H groups in total. The lowest BCUT2D eigenvalue weighted by atomic mass is 10.2. The van der Waals surface area contributed by atoms with Crippen LogP contribution in [0.5, 0.6) is 0 Å². The number of hydrogen-bond acceptors (Lipinski definition) is 4. The van der Waals surface area contributed by atoms with E-state index in [1.54, 1.807) is 12.1 Å². The van der Waals surface area contributed by atoms with Crippen LogP contribution in [0.3, 0.4) is 0 Å². The third-order valence-electron chi connectivity index (χ3n) is 2.20. The Morgan fingerprint density at radius 2 is 1.82 bits per heavy atom. The molecule has 0 aliphatic heterocycles. The van der Waals surface area contributed by atoms with Crippen LogP contribution in [0.15, 0.2) is 24.3 Å². The Kier molecular flexibility index (Phi) is 4.51. The fraction of sp³-hybridized carbons (Fsp3) is 0.333. The molecule has 0 aromatic heterocycles. The molecule has 1 aromatic carbocycles. The van der Waals surface area contributed by atoms with Gasteiger partial charge in [-0.2, -0.15) is 0 Å². The Labute approximate surface area is 100 Å². The minimum absolute atomic E-state index is 0.272. The number of benzene rings is 1. The molecule has 5 nitrogen and oxygen atoms in total. The van der Waals surface area contributed by atoms with Gasteiger partial charge in [-0.05, 0) is 24.3 Å². The molecule has 1 amide bonds. The van der Waals surface area contributed by atoms with Crippen molar-refractivity contribution in [3.8, 4) is 0 Å². The molecule has 1 aromatic rings. The summed E-state index contributed by atoms with van der Waals surface area (Å²) in [7, 11) is 5.12. The summed E-state index contributed by atoms with van der Waals surface area (Å²) in [5, 5.41) is 2.61. The Hall–Kier alpha value is -2.04. The van der Waals surface area contributed by atoms with Crippen LogP contribution in [-0.4, -0.2) is 33.1 Å². The molecule has 0 radical (unpaired) electrons. The summed E-state index contributed by atoms with van der Waals surface area (Å²) in [5.41, 5.74) is 1.69. The van der Waals surface area contributed by atoms with E-state index in [1.807, 2.05) is 31.1 Å². The van der Waals surface area contributed by atoms with Crippen molar-refractivity contribution in [2.75, 3.05) is 31.4 Å². The first-order chi connectivity index (χ1) is 8.02. The number of nitrogens with zero attached hydrogens (tertiary/aromatic N) is 1. The molecular weight excluding hydrogens is 220 g/mol. The van der Waals surface area contributed by atoms with E-state index in [0.29, 0.717) is 5.69 Å². The third-order valence-corrected chi connectivity index (χ3v) is 2.20. The summed E-state index contributed by atoms with van der Waals surface area (Å²) in [6, 6.07) is 7.33. The lowest BCUT2D eigenvalue weighted by molar-refractivity contribution is -0.142. The van der Waals surface area contributed by atoms with E-state index in [0.717, 1.165) is 5.69 Å². The van der Waals surface area contributed by atoms with Crippen LogP contribution in [-0.2, 0) is 14.3 Å². The first kappa shape index (κ1) is 13.0. The molecule has 0 spiro atoms. The summed E-state index contributed by atoms with van der Waals surface area (Å²) in [5.74, 6) is -0.929. The maximum atomic E-state index is 11.4. The Bertz CT molecular complexity index is 399. The van der Waals surface area contributed by atoms with Crippen molar-refractivity contribution >= 4 is 23.3 Å².